The van der Waals surface area contributed by atoms with E-state index >= 15 is 0 Å². The third-order valence-corrected chi connectivity index (χ3v) is 5.02. The van der Waals surface area contributed by atoms with E-state index in [4.69, 9.17) is 23.7 Å². The molecule has 0 spiro atoms. The van der Waals surface area contributed by atoms with Gasteiger partial charge in [0.15, 0.2) is 17.9 Å². The van der Waals surface area contributed by atoms with Gasteiger partial charge in [0.05, 0.1) is 19.1 Å². The largest absolute Gasteiger partial charge is 0.348 e. The quantitative estimate of drug-likeness (QED) is 0.862. The summed E-state index contributed by atoms with van der Waals surface area (Å²) in [5.74, 6) is -1.52. The minimum atomic E-state index is -0.755. The molecule has 0 radical (unpaired) electrons. The summed E-state index contributed by atoms with van der Waals surface area (Å²) in [5, 5.41) is 3.09. The van der Waals surface area contributed by atoms with Gasteiger partial charge in [0.25, 0.3) is 0 Å². The zero-order valence-corrected chi connectivity index (χ0v) is 16.1. The van der Waals surface area contributed by atoms with Crippen LogP contribution in [0.5, 0.6) is 0 Å². The van der Waals surface area contributed by atoms with Crippen molar-refractivity contribution in [3.05, 3.63) is 35.9 Å². The number of fused-ring (bicyclic) bond motifs is 1. The highest BCUT2D eigenvalue weighted by molar-refractivity contribution is 5.79. The Balaban J connectivity index is 1.49. The zero-order chi connectivity index (χ0) is 19.2. The maximum absolute atomic E-state index is 12.7. The fourth-order valence-electron chi connectivity index (χ4n) is 3.91. The van der Waals surface area contributed by atoms with Crippen LogP contribution in [0.25, 0.3) is 0 Å². The van der Waals surface area contributed by atoms with Crippen molar-refractivity contribution >= 4 is 5.91 Å². The molecular weight excluding hydrogens is 350 g/mol. The number of hydrogen-bond acceptors (Lipinski definition) is 6. The summed E-state index contributed by atoms with van der Waals surface area (Å²) in [5.41, 5.74) is 0.951. The molecule has 3 heterocycles. The zero-order valence-electron chi connectivity index (χ0n) is 16.1. The molecule has 5 atom stereocenters. The number of ether oxygens (including phenoxy) is 5. The van der Waals surface area contributed by atoms with Gasteiger partial charge in [0, 0.05) is 0 Å². The summed E-state index contributed by atoms with van der Waals surface area (Å²) in [6.45, 7) is 7.80. The number of amides is 1. The molecule has 0 unspecified atom stereocenters. The summed E-state index contributed by atoms with van der Waals surface area (Å²) in [6, 6.07) is 9.25. The Kier molecular flexibility index (Phi) is 4.76. The molecule has 3 saturated heterocycles. The highest BCUT2D eigenvalue weighted by atomic mass is 16.8. The first-order valence-corrected chi connectivity index (χ1v) is 9.39. The van der Waals surface area contributed by atoms with Crippen LogP contribution in [-0.2, 0) is 34.9 Å². The molecule has 0 bridgehead atoms. The second kappa shape index (κ2) is 6.83. The summed E-state index contributed by atoms with van der Waals surface area (Å²) >= 11 is 0. The lowest BCUT2D eigenvalue weighted by molar-refractivity contribution is -0.223. The minimum Gasteiger partial charge on any atom is -0.348 e. The number of carbonyl (C=O) groups is 1. The average molecular weight is 377 g/mol. The van der Waals surface area contributed by atoms with E-state index in [0.717, 1.165) is 5.56 Å². The standard InChI is InChI=1S/C20H27NO6/c1-19(2)23-11-13(25-19)16-15(17-18(24-16)27-20(3,4)26-17)21-14(22)10-12-8-6-5-7-9-12/h5-9,13,15-18H,10-11H2,1-4H3,(H,21,22)/t13-,15-,16-,17-,18-/m1/s1. The third-order valence-electron chi connectivity index (χ3n) is 5.02. The van der Waals surface area contributed by atoms with E-state index in [1.807, 2.05) is 58.0 Å². The molecule has 0 aliphatic carbocycles. The van der Waals surface area contributed by atoms with Crippen LogP contribution in [-0.4, -0.2) is 54.7 Å². The molecule has 1 aromatic carbocycles. The maximum atomic E-state index is 12.7. The van der Waals surface area contributed by atoms with Crippen LogP contribution in [0.2, 0.25) is 0 Å². The summed E-state index contributed by atoms with van der Waals surface area (Å²) in [7, 11) is 0. The van der Waals surface area contributed by atoms with Crippen LogP contribution in [0.15, 0.2) is 30.3 Å². The van der Waals surface area contributed by atoms with Crippen LogP contribution in [0, 0.1) is 0 Å². The maximum Gasteiger partial charge on any atom is 0.224 e. The topological polar surface area (TPSA) is 75.3 Å². The van der Waals surface area contributed by atoms with Gasteiger partial charge in [-0.05, 0) is 33.3 Å². The lowest BCUT2D eigenvalue weighted by Gasteiger charge is -2.29. The van der Waals surface area contributed by atoms with E-state index in [2.05, 4.69) is 5.32 Å². The fourth-order valence-corrected chi connectivity index (χ4v) is 3.91. The lowest BCUT2D eigenvalue weighted by atomic mass is 10.0. The molecule has 7 nitrogen and oxygen atoms in total. The van der Waals surface area contributed by atoms with Gasteiger partial charge < -0.3 is 29.0 Å². The Labute approximate surface area is 159 Å². The second-order valence-corrected chi connectivity index (χ2v) is 8.19. The number of benzene rings is 1. The van der Waals surface area contributed by atoms with Crippen molar-refractivity contribution in [2.24, 2.45) is 0 Å². The van der Waals surface area contributed by atoms with Gasteiger partial charge in [-0.15, -0.1) is 0 Å². The molecule has 4 rings (SSSR count). The monoisotopic (exact) mass is 377 g/mol. The normalized spacial score (nSPS) is 36.5. The van der Waals surface area contributed by atoms with Gasteiger partial charge >= 0.3 is 0 Å². The van der Waals surface area contributed by atoms with Crippen molar-refractivity contribution < 1.29 is 28.5 Å². The number of hydrogen-bond donors (Lipinski definition) is 1. The molecule has 0 aromatic heterocycles. The van der Waals surface area contributed by atoms with E-state index < -0.39 is 30.1 Å². The minimum absolute atomic E-state index is 0.0908. The SMILES string of the molecule is CC1(C)O[C@H]2O[C@H]([C@H]3COC(C)(C)O3)[C@@H](NC(=O)Cc3ccccc3)[C@H]2O1. The van der Waals surface area contributed by atoms with Crippen molar-refractivity contribution in [3.63, 3.8) is 0 Å². The Hall–Kier alpha value is -1.51. The highest BCUT2D eigenvalue weighted by Gasteiger charge is 2.58. The van der Waals surface area contributed by atoms with Crippen molar-refractivity contribution in [2.45, 2.75) is 76.3 Å². The molecule has 3 fully saturated rings. The number of carbonyl (C=O) groups excluding carboxylic acids is 1. The van der Waals surface area contributed by atoms with Gasteiger partial charge in [-0.25, -0.2) is 0 Å². The van der Waals surface area contributed by atoms with Crippen LogP contribution in [0.4, 0.5) is 0 Å². The van der Waals surface area contributed by atoms with Gasteiger partial charge in [0.2, 0.25) is 5.91 Å². The molecule has 0 saturated carbocycles. The third kappa shape index (κ3) is 4.02. The summed E-state index contributed by atoms with van der Waals surface area (Å²) in [4.78, 5) is 12.7. The van der Waals surface area contributed by atoms with Crippen LogP contribution in [0.3, 0.4) is 0 Å². The van der Waals surface area contributed by atoms with Crippen molar-refractivity contribution in [2.75, 3.05) is 6.61 Å². The van der Waals surface area contributed by atoms with Gasteiger partial charge in [-0.1, -0.05) is 30.3 Å². The van der Waals surface area contributed by atoms with Crippen molar-refractivity contribution in [1.82, 2.24) is 5.32 Å². The summed E-state index contributed by atoms with van der Waals surface area (Å²) in [6.07, 6.45) is -1.35. The Morgan fingerprint density at radius 2 is 1.78 bits per heavy atom. The molecule has 3 aliphatic heterocycles. The Morgan fingerprint density at radius 3 is 2.44 bits per heavy atom. The van der Waals surface area contributed by atoms with Crippen molar-refractivity contribution in [3.8, 4) is 0 Å². The molecule has 7 heteroatoms. The van der Waals surface area contributed by atoms with E-state index in [-0.39, 0.29) is 18.1 Å². The molecule has 27 heavy (non-hydrogen) atoms. The fraction of sp³-hybridized carbons (Fsp3) is 0.650. The molecule has 1 aromatic rings. The Bertz CT molecular complexity index is 691. The molecule has 1 amide bonds. The second-order valence-electron chi connectivity index (χ2n) is 8.19. The first-order chi connectivity index (χ1) is 12.7. The summed E-state index contributed by atoms with van der Waals surface area (Å²) < 4.78 is 29.6. The predicted molar refractivity (Wildman–Crippen MR) is 95.7 cm³/mol. The van der Waals surface area contributed by atoms with Crippen LogP contribution < -0.4 is 5.32 Å². The molecule has 1 N–H and O–H groups in total. The van der Waals surface area contributed by atoms with Crippen LogP contribution in [0.1, 0.15) is 33.3 Å². The first kappa shape index (κ1) is 18.8. The van der Waals surface area contributed by atoms with Crippen molar-refractivity contribution in [1.29, 1.82) is 0 Å². The smallest absolute Gasteiger partial charge is 0.224 e. The van der Waals surface area contributed by atoms with E-state index in [1.54, 1.807) is 0 Å². The van der Waals surface area contributed by atoms with Gasteiger partial charge in [-0.3, -0.25) is 4.79 Å². The van der Waals surface area contributed by atoms with E-state index in [0.29, 0.717) is 13.0 Å². The average Bonchev–Trinajstić information content (AvgIpc) is 3.19. The van der Waals surface area contributed by atoms with Crippen LogP contribution >= 0.6 is 0 Å². The highest BCUT2D eigenvalue weighted by Crippen LogP contribution is 2.40. The number of nitrogens with one attached hydrogen (secondary N) is 1. The molecule has 3 aliphatic rings. The lowest BCUT2D eigenvalue weighted by Crippen LogP contribution is -2.52. The van der Waals surface area contributed by atoms with Gasteiger partial charge in [-0.2, -0.15) is 0 Å². The number of rotatable bonds is 4. The van der Waals surface area contributed by atoms with Gasteiger partial charge in [0.1, 0.15) is 18.3 Å². The van der Waals surface area contributed by atoms with E-state index in [9.17, 15) is 4.79 Å². The van der Waals surface area contributed by atoms with E-state index in [1.165, 1.54) is 0 Å². The Morgan fingerprint density at radius 1 is 1.04 bits per heavy atom. The predicted octanol–water partition coefficient (Wildman–Crippen LogP) is 1.74. The molecular formula is C20H27NO6. The first-order valence-electron chi connectivity index (χ1n) is 9.39. The molecule has 148 valence electrons.